The molecule has 8 nitrogen and oxygen atoms in total. The van der Waals surface area contributed by atoms with Gasteiger partial charge in [-0.25, -0.2) is 4.98 Å². The lowest BCUT2D eigenvalue weighted by atomic mass is 9.82. The Morgan fingerprint density at radius 3 is 2.16 bits per heavy atom. The summed E-state index contributed by atoms with van der Waals surface area (Å²) in [6, 6.07) is 8.99. The maximum absolute atomic E-state index is 14.0. The molecule has 0 bridgehead atoms. The van der Waals surface area contributed by atoms with Crippen molar-refractivity contribution in [2.75, 3.05) is 20.6 Å². The highest BCUT2D eigenvalue weighted by Gasteiger charge is 2.34. The summed E-state index contributed by atoms with van der Waals surface area (Å²) < 4.78 is 0. The van der Waals surface area contributed by atoms with E-state index in [0.717, 1.165) is 36.3 Å². The van der Waals surface area contributed by atoms with Crippen LogP contribution in [-0.2, 0) is 20.9 Å². The zero-order valence-electron chi connectivity index (χ0n) is 26.8. The highest BCUT2D eigenvalue weighted by molar-refractivity contribution is 7.09. The number of hydrogen-bond acceptors (Lipinski definition) is 6. The van der Waals surface area contributed by atoms with E-state index < -0.39 is 6.10 Å². The molecule has 1 aliphatic carbocycles. The summed E-state index contributed by atoms with van der Waals surface area (Å²) >= 11 is 1.50. The molecule has 0 saturated heterocycles. The largest absolute Gasteiger partial charge is 0.391 e. The average molecular weight is 613 g/mol. The van der Waals surface area contributed by atoms with Crippen LogP contribution in [0.5, 0.6) is 0 Å². The molecule has 0 spiro atoms. The van der Waals surface area contributed by atoms with Gasteiger partial charge in [-0.3, -0.25) is 14.4 Å². The molecule has 43 heavy (non-hydrogen) atoms. The first-order valence-corrected chi connectivity index (χ1v) is 16.8. The Labute approximate surface area is 262 Å². The maximum atomic E-state index is 14.0. The SMILES string of the molecule is CC(C)CC[C@H](O)[C@H](CC1CCCCC1)N(Cc1nccs1)C(=O)CCC(=O)N(CC(=O)N(C)C)[C@@H](C)c1ccccc1. The second-order valence-corrected chi connectivity index (χ2v) is 13.7. The van der Waals surface area contributed by atoms with Crippen LogP contribution < -0.4 is 0 Å². The zero-order valence-corrected chi connectivity index (χ0v) is 27.6. The maximum Gasteiger partial charge on any atom is 0.241 e. The predicted molar refractivity (Wildman–Crippen MR) is 172 cm³/mol. The molecule has 1 aromatic heterocycles. The van der Waals surface area contributed by atoms with Gasteiger partial charge in [-0.05, 0) is 43.6 Å². The first-order chi connectivity index (χ1) is 20.6. The minimum Gasteiger partial charge on any atom is -0.391 e. The number of benzene rings is 1. The van der Waals surface area contributed by atoms with Gasteiger partial charge in [0.15, 0.2) is 0 Å². The van der Waals surface area contributed by atoms with Gasteiger partial charge in [-0.2, -0.15) is 0 Å². The van der Waals surface area contributed by atoms with Crippen LogP contribution in [-0.4, -0.2) is 75.3 Å². The number of carbonyl (C=O) groups is 3. The van der Waals surface area contributed by atoms with E-state index in [1.165, 1.54) is 35.5 Å². The van der Waals surface area contributed by atoms with Crippen molar-refractivity contribution in [3.8, 4) is 0 Å². The van der Waals surface area contributed by atoms with Crippen molar-refractivity contribution < 1.29 is 19.5 Å². The molecule has 238 valence electrons. The van der Waals surface area contributed by atoms with E-state index in [1.807, 2.05) is 47.5 Å². The molecule has 1 aliphatic rings. The van der Waals surface area contributed by atoms with Gasteiger partial charge < -0.3 is 19.8 Å². The monoisotopic (exact) mass is 612 g/mol. The molecular formula is C34H52N4O4S. The molecule has 1 aromatic carbocycles. The number of nitrogens with zero attached hydrogens (tertiary/aromatic N) is 4. The Morgan fingerprint density at radius 1 is 0.930 bits per heavy atom. The molecule has 0 radical (unpaired) electrons. The Hall–Kier alpha value is -2.78. The van der Waals surface area contributed by atoms with Crippen molar-refractivity contribution in [2.45, 2.75) is 110 Å². The molecule has 3 rings (SSSR count). The number of carbonyl (C=O) groups excluding carboxylic acids is 3. The molecule has 1 saturated carbocycles. The van der Waals surface area contributed by atoms with Crippen LogP contribution >= 0.6 is 11.3 Å². The fraction of sp³-hybridized carbons (Fsp3) is 0.647. The van der Waals surface area contributed by atoms with Gasteiger partial charge in [0.25, 0.3) is 0 Å². The average Bonchev–Trinajstić information content (AvgIpc) is 3.52. The van der Waals surface area contributed by atoms with Crippen LogP contribution in [0.3, 0.4) is 0 Å². The number of aliphatic hydroxyl groups is 1. The first kappa shape index (κ1) is 34.7. The second-order valence-electron chi connectivity index (χ2n) is 12.7. The third-order valence-corrected chi connectivity index (χ3v) is 9.48. The molecule has 0 unspecified atom stereocenters. The third-order valence-electron chi connectivity index (χ3n) is 8.72. The number of rotatable bonds is 16. The van der Waals surface area contributed by atoms with E-state index in [4.69, 9.17) is 0 Å². The van der Waals surface area contributed by atoms with Crippen molar-refractivity contribution in [1.29, 1.82) is 0 Å². The van der Waals surface area contributed by atoms with E-state index in [-0.39, 0.29) is 49.2 Å². The topological polar surface area (TPSA) is 94.0 Å². The number of aromatic nitrogens is 1. The fourth-order valence-corrected chi connectivity index (χ4v) is 6.57. The Balaban J connectivity index is 1.82. The summed E-state index contributed by atoms with van der Waals surface area (Å²) in [5, 5.41) is 14.2. The minimum atomic E-state index is -0.642. The fourth-order valence-electron chi connectivity index (χ4n) is 5.96. The summed E-state index contributed by atoms with van der Waals surface area (Å²) in [5.74, 6) is 0.360. The van der Waals surface area contributed by atoms with Crippen molar-refractivity contribution in [3.63, 3.8) is 0 Å². The lowest BCUT2D eigenvalue weighted by molar-refractivity contribution is -0.144. The summed E-state index contributed by atoms with van der Waals surface area (Å²) in [6.07, 6.45) is 9.24. The van der Waals surface area contributed by atoms with Crippen LogP contribution in [0.4, 0.5) is 0 Å². The number of hydrogen-bond donors (Lipinski definition) is 1. The normalized spacial score (nSPS) is 16.0. The van der Waals surface area contributed by atoms with E-state index in [2.05, 4.69) is 18.8 Å². The van der Waals surface area contributed by atoms with Crippen molar-refractivity contribution in [3.05, 3.63) is 52.5 Å². The van der Waals surface area contributed by atoms with Crippen molar-refractivity contribution in [1.82, 2.24) is 19.7 Å². The Morgan fingerprint density at radius 2 is 1.58 bits per heavy atom. The van der Waals surface area contributed by atoms with Crippen LogP contribution in [0.15, 0.2) is 41.9 Å². The Kier molecular flexibility index (Phi) is 14.1. The predicted octanol–water partition coefficient (Wildman–Crippen LogP) is 6.07. The summed E-state index contributed by atoms with van der Waals surface area (Å²) in [7, 11) is 3.35. The van der Waals surface area contributed by atoms with Gasteiger partial charge in [0, 0.05) is 38.5 Å². The number of thiazole rings is 1. The highest BCUT2D eigenvalue weighted by Crippen LogP contribution is 2.32. The van der Waals surface area contributed by atoms with Crippen LogP contribution in [0.2, 0.25) is 0 Å². The van der Waals surface area contributed by atoms with Gasteiger partial charge >= 0.3 is 0 Å². The minimum absolute atomic E-state index is 0.0104. The van der Waals surface area contributed by atoms with Gasteiger partial charge in [0.05, 0.1) is 24.7 Å². The second kappa shape index (κ2) is 17.5. The molecule has 0 aliphatic heterocycles. The van der Waals surface area contributed by atoms with Crippen molar-refractivity contribution in [2.24, 2.45) is 11.8 Å². The molecule has 3 atom stereocenters. The van der Waals surface area contributed by atoms with Crippen LogP contribution in [0.1, 0.15) is 102 Å². The van der Waals surface area contributed by atoms with Gasteiger partial charge in [-0.1, -0.05) is 76.3 Å². The van der Waals surface area contributed by atoms with Crippen molar-refractivity contribution >= 4 is 29.1 Å². The van der Waals surface area contributed by atoms with E-state index in [9.17, 15) is 19.5 Å². The first-order valence-electron chi connectivity index (χ1n) is 16.0. The molecular weight excluding hydrogens is 560 g/mol. The van der Waals surface area contributed by atoms with E-state index in [0.29, 0.717) is 24.8 Å². The highest BCUT2D eigenvalue weighted by atomic mass is 32.1. The lowest BCUT2D eigenvalue weighted by Gasteiger charge is -2.38. The third kappa shape index (κ3) is 11.0. The molecule has 9 heteroatoms. The standard InChI is InChI=1S/C34H52N4O4S/c1-25(2)16-17-30(39)29(22-27-12-8-6-9-13-27)38(23-31-35-20-21-43-31)33(41)19-18-32(40)37(24-34(42)36(4)5)26(3)28-14-10-7-11-15-28/h7,10-11,14-15,20-21,25-27,29-30,39H,6,8-9,12-13,16-19,22-24H2,1-5H3/t26-,29-,30-/m0/s1. The van der Waals surface area contributed by atoms with Crippen LogP contribution in [0, 0.1) is 11.8 Å². The number of aliphatic hydroxyl groups excluding tert-OH is 1. The Bertz CT molecular complexity index is 1120. The summed E-state index contributed by atoms with van der Waals surface area (Å²) in [6.45, 7) is 6.48. The van der Waals surface area contributed by atoms with Gasteiger partial charge in [-0.15, -0.1) is 11.3 Å². The number of likely N-dealkylation sites (N-methyl/N-ethyl adjacent to an activating group) is 1. The summed E-state index contributed by atoms with van der Waals surface area (Å²) in [5.41, 5.74) is 0.931. The molecule has 3 amide bonds. The zero-order chi connectivity index (χ0) is 31.4. The lowest BCUT2D eigenvalue weighted by Crippen LogP contribution is -2.48. The molecule has 1 N–H and O–H groups in total. The van der Waals surface area contributed by atoms with Gasteiger partial charge in [0.2, 0.25) is 17.7 Å². The molecule has 1 fully saturated rings. The van der Waals surface area contributed by atoms with E-state index >= 15 is 0 Å². The van der Waals surface area contributed by atoms with E-state index in [1.54, 1.807) is 25.2 Å². The smallest absolute Gasteiger partial charge is 0.241 e. The quantitative estimate of drug-likeness (QED) is 0.249. The van der Waals surface area contributed by atoms with Gasteiger partial charge in [0.1, 0.15) is 11.6 Å². The summed E-state index contributed by atoms with van der Waals surface area (Å²) in [4.78, 5) is 49.7. The number of amides is 3. The molecule has 1 heterocycles. The molecule has 2 aromatic rings. The van der Waals surface area contributed by atoms with Crippen LogP contribution in [0.25, 0.3) is 0 Å².